The molecule has 2 amide bonds. The lowest BCUT2D eigenvalue weighted by Crippen LogP contribution is -2.44. The van der Waals surface area contributed by atoms with Crippen molar-refractivity contribution in [3.05, 3.63) is 35.4 Å². The smallest absolute Gasteiger partial charge is 0.338 e. The molecule has 0 radical (unpaired) electrons. The zero-order valence-electron chi connectivity index (χ0n) is 15.7. The second-order valence-electron chi connectivity index (χ2n) is 7.26. The Kier molecular flexibility index (Phi) is 7.33. The quantitative estimate of drug-likeness (QED) is 0.798. The summed E-state index contributed by atoms with van der Waals surface area (Å²) in [5.41, 5.74) is -0.313. The molecule has 5 nitrogen and oxygen atoms in total. The van der Waals surface area contributed by atoms with Crippen molar-refractivity contribution < 1.29 is 22.8 Å². The highest BCUT2D eigenvalue weighted by Gasteiger charge is 2.39. The molecule has 1 N–H and O–H groups in total. The summed E-state index contributed by atoms with van der Waals surface area (Å²) in [4.78, 5) is 28.5. The Morgan fingerprint density at radius 3 is 2.75 bits per heavy atom. The first-order chi connectivity index (χ1) is 12.8. The fourth-order valence-corrected chi connectivity index (χ4v) is 3.97. The van der Waals surface area contributed by atoms with Crippen LogP contribution in [0.15, 0.2) is 24.3 Å². The lowest BCUT2D eigenvalue weighted by atomic mass is 10.1. The van der Waals surface area contributed by atoms with E-state index >= 15 is 0 Å². The largest absolute Gasteiger partial charge is 0.416 e. The summed E-state index contributed by atoms with van der Waals surface area (Å²) in [6.45, 7) is 1.77. The minimum absolute atomic E-state index is 0. The van der Waals surface area contributed by atoms with Gasteiger partial charge in [0.05, 0.1) is 11.5 Å². The third-order valence-electron chi connectivity index (χ3n) is 5.29. The van der Waals surface area contributed by atoms with Gasteiger partial charge in [0.1, 0.15) is 0 Å². The average Bonchev–Trinajstić information content (AvgIpc) is 3.21. The molecule has 0 bridgehead atoms. The number of benzene rings is 1. The number of nitrogens with one attached hydrogen (secondary N) is 1. The van der Waals surface area contributed by atoms with Crippen LogP contribution in [0.2, 0.25) is 0 Å². The molecule has 2 aliphatic heterocycles. The van der Waals surface area contributed by atoms with Crippen molar-refractivity contribution in [1.29, 1.82) is 0 Å². The standard InChI is InChI=1S/C19H24F3N3O2.ClH/c1-23-10-16-6-3-7-25(16)18(27)14-9-17(26)24(12-14)11-13-4-2-5-15(8-13)19(20,21)22;/h2,4-5,8,14,16,23H,3,6-7,9-12H2,1H3;1H. The molecule has 2 heterocycles. The van der Waals surface area contributed by atoms with Gasteiger partial charge in [0.25, 0.3) is 0 Å². The van der Waals surface area contributed by atoms with Gasteiger partial charge in [-0.15, -0.1) is 12.4 Å². The molecule has 1 aromatic carbocycles. The zero-order chi connectivity index (χ0) is 19.6. The van der Waals surface area contributed by atoms with Gasteiger partial charge in [0.2, 0.25) is 11.8 Å². The number of amides is 2. The number of rotatable bonds is 5. The maximum Gasteiger partial charge on any atom is 0.416 e. The van der Waals surface area contributed by atoms with E-state index in [9.17, 15) is 22.8 Å². The monoisotopic (exact) mass is 419 g/mol. The van der Waals surface area contributed by atoms with Crippen molar-refractivity contribution in [1.82, 2.24) is 15.1 Å². The molecule has 28 heavy (non-hydrogen) atoms. The summed E-state index contributed by atoms with van der Waals surface area (Å²) >= 11 is 0. The van der Waals surface area contributed by atoms with Crippen LogP contribution in [0, 0.1) is 5.92 Å². The van der Waals surface area contributed by atoms with Crippen molar-refractivity contribution in [2.45, 2.75) is 38.0 Å². The number of hydrogen-bond acceptors (Lipinski definition) is 3. The Bertz CT molecular complexity index is 714. The summed E-state index contributed by atoms with van der Waals surface area (Å²) in [5.74, 6) is -0.622. The highest BCUT2D eigenvalue weighted by molar-refractivity contribution is 5.89. The molecule has 0 saturated carbocycles. The SMILES string of the molecule is CNCC1CCCN1C(=O)C1CC(=O)N(Cc2cccc(C(F)(F)F)c2)C1.Cl. The van der Waals surface area contributed by atoms with Crippen LogP contribution in [0.5, 0.6) is 0 Å². The predicted molar refractivity (Wildman–Crippen MR) is 101 cm³/mol. The summed E-state index contributed by atoms with van der Waals surface area (Å²) < 4.78 is 38.6. The molecule has 2 saturated heterocycles. The van der Waals surface area contributed by atoms with Crippen LogP contribution in [0.1, 0.15) is 30.4 Å². The first-order valence-corrected chi connectivity index (χ1v) is 9.18. The second kappa shape index (κ2) is 9.13. The maximum atomic E-state index is 12.9. The molecule has 9 heteroatoms. The van der Waals surface area contributed by atoms with Crippen LogP contribution in [0.25, 0.3) is 0 Å². The molecule has 156 valence electrons. The summed E-state index contributed by atoms with van der Waals surface area (Å²) in [6, 6.07) is 5.13. The lowest BCUT2D eigenvalue weighted by Gasteiger charge is -2.27. The second-order valence-corrected chi connectivity index (χ2v) is 7.26. The number of likely N-dealkylation sites (N-methyl/N-ethyl adjacent to an activating group) is 1. The number of likely N-dealkylation sites (tertiary alicyclic amines) is 2. The molecule has 1 aromatic rings. The molecule has 3 rings (SSSR count). The first-order valence-electron chi connectivity index (χ1n) is 9.18. The fraction of sp³-hybridized carbons (Fsp3) is 0.579. The highest BCUT2D eigenvalue weighted by atomic mass is 35.5. The molecule has 2 fully saturated rings. The number of alkyl halides is 3. The van der Waals surface area contributed by atoms with Crippen molar-refractivity contribution in [3.8, 4) is 0 Å². The van der Waals surface area contributed by atoms with Crippen LogP contribution in [0.4, 0.5) is 13.2 Å². The Balaban J connectivity index is 0.00000280. The number of hydrogen-bond donors (Lipinski definition) is 1. The van der Waals surface area contributed by atoms with Crippen LogP contribution >= 0.6 is 12.4 Å². The van der Waals surface area contributed by atoms with Crippen molar-refractivity contribution in [3.63, 3.8) is 0 Å². The van der Waals surface area contributed by atoms with E-state index in [2.05, 4.69) is 5.32 Å². The fourth-order valence-electron chi connectivity index (χ4n) is 3.97. The normalized spacial score (nSPS) is 22.5. The molecule has 2 unspecified atom stereocenters. The minimum Gasteiger partial charge on any atom is -0.338 e. The van der Waals surface area contributed by atoms with E-state index in [0.29, 0.717) is 12.1 Å². The molecule has 0 aromatic heterocycles. The van der Waals surface area contributed by atoms with Gasteiger partial charge in [-0.05, 0) is 37.6 Å². The van der Waals surface area contributed by atoms with E-state index in [4.69, 9.17) is 0 Å². The molecule has 0 aliphatic carbocycles. The van der Waals surface area contributed by atoms with Gasteiger partial charge in [-0.25, -0.2) is 0 Å². The van der Waals surface area contributed by atoms with Crippen molar-refractivity contribution in [2.24, 2.45) is 5.92 Å². The Labute approximate surface area is 168 Å². The Morgan fingerprint density at radius 2 is 2.07 bits per heavy atom. The van der Waals surface area contributed by atoms with E-state index in [1.54, 1.807) is 6.07 Å². The molecular weight excluding hydrogens is 395 g/mol. The van der Waals surface area contributed by atoms with Gasteiger partial charge in [-0.1, -0.05) is 12.1 Å². The third-order valence-corrected chi connectivity index (χ3v) is 5.29. The number of carbonyl (C=O) groups is 2. The van der Waals surface area contributed by atoms with Crippen molar-refractivity contribution >= 4 is 24.2 Å². The summed E-state index contributed by atoms with van der Waals surface area (Å²) in [7, 11) is 1.84. The lowest BCUT2D eigenvalue weighted by molar-refractivity contribution is -0.137. The van der Waals surface area contributed by atoms with Gasteiger partial charge in [0, 0.05) is 38.6 Å². The Morgan fingerprint density at radius 1 is 1.32 bits per heavy atom. The van der Waals surface area contributed by atoms with E-state index in [1.165, 1.54) is 11.0 Å². The van der Waals surface area contributed by atoms with E-state index in [-0.39, 0.29) is 49.8 Å². The van der Waals surface area contributed by atoms with Gasteiger partial charge >= 0.3 is 6.18 Å². The number of nitrogens with zero attached hydrogens (tertiary/aromatic N) is 2. The van der Waals surface area contributed by atoms with Gasteiger partial charge < -0.3 is 15.1 Å². The first kappa shape index (κ1) is 22.5. The predicted octanol–water partition coefficient (Wildman–Crippen LogP) is 2.69. The Hall–Kier alpha value is -1.80. The van der Waals surface area contributed by atoms with Crippen molar-refractivity contribution in [2.75, 3.05) is 26.7 Å². The molecule has 0 spiro atoms. The van der Waals surface area contributed by atoms with E-state index in [0.717, 1.165) is 31.5 Å². The maximum absolute atomic E-state index is 12.9. The average molecular weight is 420 g/mol. The van der Waals surface area contributed by atoms with Gasteiger partial charge in [-0.2, -0.15) is 13.2 Å². The molecule has 2 atom stereocenters. The van der Waals surface area contributed by atoms with Gasteiger partial charge in [-0.3, -0.25) is 9.59 Å². The summed E-state index contributed by atoms with van der Waals surface area (Å²) in [5, 5.41) is 3.09. The van der Waals surface area contributed by atoms with Crippen LogP contribution in [0.3, 0.4) is 0 Å². The zero-order valence-corrected chi connectivity index (χ0v) is 16.5. The third kappa shape index (κ3) is 4.97. The number of carbonyl (C=O) groups excluding carboxylic acids is 2. The number of halogens is 4. The van der Waals surface area contributed by atoms with Gasteiger partial charge in [0.15, 0.2) is 0 Å². The van der Waals surface area contributed by atoms with Crippen LogP contribution in [-0.2, 0) is 22.3 Å². The summed E-state index contributed by atoms with van der Waals surface area (Å²) in [6.07, 6.45) is -2.39. The highest BCUT2D eigenvalue weighted by Crippen LogP contribution is 2.31. The van der Waals surface area contributed by atoms with E-state index < -0.39 is 17.7 Å². The van der Waals surface area contributed by atoms with E-state index in [1.807, 2.05) is 11.9 Å². The minimum atomic E-state index is -4.42. The van der Waals surface area contributed by atoms with Crippen LogP contribution in [-0.4, -0.2) is 54.3 Å². The van der Waals surface area contributed by atoms with Crippen LogP contribution < -0.4 is 5.32 Å². The molecular formula is C19H25ClF3N3O2. The molecule has 2 aliphatic rings. The topological polar surface area (TPSA) is 52.7 Å².